The van der Waals surface area contributed by atoms with E-state index in [-0.39, 0.29) is 36.4 Å². The van der Waals surface area contributed by atoms with Gasteiger partial charge in [-0.15, -0.1) is 12.4 Å². The third kappa shape index (κ3) is 2.83. The van der Waals surface area contributed by atoms with Crippen LogP contribution in [0.25, 0.3) is 0 Å². The standard InChI is InChI=1S/C10H18N2O2.ClH/c1-14-9-6-11-5-8(9)12-10(13)7-3-2-4-7;/h7-9,11H,2-6H2,1H3,(H,12,13);1H/t8-,9-;/m0./s1. The molecule has 0 unspecified atom stereocenters. The fourth-order valence-corrected chi connectivity index (χ4v) is 2.02. The normalized spacial score (nSPS) is 30.5. The molecule has 1 saturated carbocycles. The average molecular weight is 235 g/mol. The van der Waals surface area contributed by atoms with Crippen molar-refractivity contribution >= 4 is 18.3 Å². The Labute approximate surface area is 96.5 Å². The van der Waals surface area contributed by atoms with Gasteiger partial charge in [-0.25, -0.2) is 0 Å². The van der Waals surface area contributed by atoms with Gasteiger partial charge < -0.3 is 15.4 Å². The van der Waals surface area contributed by atoms with Crippen LogP contribution in [0.3, 0.4) is 0 Å². The van der Waals surface area contributed by atoms with Gasteiger partial charge in [0.25, 0.3) is 0 Å². The number of hydrogen-bond acceptors (Lipinski definition) is 3. The Hall–Kier alpha value is -0.320. The quantitative estimate of drug-likeness (QED) is 0.739. The monoisotopic (exact) mass is 234 g/mol. The van der Waals surface area contributed by atoms with Crippen LogP contribution >= 0.6 is 12.4 Å². The van der Waals surface area contributed by atoms with Crippen molar-refractivity contribution < 1.29 is 9.53 Å². The lowest BCUT2D eigenvalue weighted by Gasteiger charge is -2.27. The Kier molecular flexibility index (Phi) is 4.83. The van der Waals surface area contributed by atoms with Crippen molar-refractivity contribution in [1.29, 1.82) is 0 Å². The zero-order valence-electron chi connectivity index (χ0n) is 8.99. The summed E-state index contributed by atoms with van der Waals surface area (Å²) in [5.41, 5.74) is 0. The molecule has 0 aromatic rings. The minimum Gasteiger partial charge on any atom is -0.378 e. The first-order valence-corrected chi connectivity index (χ1v) is 5.35. The van der Waals surface area contributed by atoms with Crippen LogP contribution in [-0.2, 0) is 9.53 Å². The van der Waals surface area contributed by atoms with Crippen molar-refractivity contribution in [1.82, 2.24) is 10.6 Å². The van der Waals surface area contributed by atoms with Crippen LogP contribution in [0.1, 0.15) is 19.3 Å². The summed E-state index contributed by atoms with van der Waals surface area (Å²) in [6, 6.07) is 0.160. The van der Waals surface area contributed by atoms with Gasteiger partial charge in [0.1, 0.15) is 0 Å². The van der Waals surface area contributed by atoms with Gasteiger partial charge in [-0.05, 0) is 12.8 Å². The molecule has 1 heterocycles. The summed E-state index contributed by atoms with van der Waals surface area (Å²) in [5.74, 6) is 0.486. The summed E-state index contributed by atoms with van der Waals surface area (Å²) in [6.45, 7) is 1.67. The largest absolute Gasteiger partial charge is 0.378 e. The predicted octanol–water partition coefficient (Wildman–Crippen LogP) is 0.311. The number of carbonyl (C=O) groups excluding carboxylic acids is 1. The molecule has 2 rings (SSSR count). The van der Waals surface area contributed by atoms with E-state index in [1.54, 1.807) is 7.11 Å². The first kappa shape index (κ1) is 12.7. The molecule has 1 saturated heterocycles. The lowest BCUT2D eigenvalue weighted by atomic mass is 9.84. The van der Waals surface area contributed by atoms with E-state index in [0.29, 0.717) is 0 Å². The molecule has 2 aliphatic rings. The summed E-state index contributed by atoms with van der Waals surface area (Å²) in [5, 5.41) is 6.27. The van der Waals surface area contributed by atoms with E-state index >= 15 is 0 Å². The highest BCUT2D eigenvalue weighted by Crippen LogP contribution is 2.26. The van der Waals surface area contributed by atoms with Gasteiger partial charge >= 0.3 is 0 Å². The molecule has 2 fully saturated rings. The third-order valence-electron chi connectivity index (χ3n) is 3.26. The lowest BCUT2D eigenvalue weighted by Crippen LogP contribution is -2.47. The second-order valence-electron chi connectivity index (χ2n) is 4.18. The molecule has 1 amide bonds. The van der Waals surface area contributed by atoms with Gasteiger partial charge in [0, 0.05) is 26.1 Å². The highest BCUT2D eigenvalue weighted by Gasteiger charge is 2.32. The van der Waals surface area contributed by atoms with Gasteiger partial charge in [0.05, 0.1) is 12.1 Å². The van der Waals surface area contributed by atoms with E-state index in [1.165, 1.54) is 6.42 Å². The molecule has 5 heteroatoms. The summed E-state index contributed by atoms with van der Waals surface area (Å²) in [4.78, 5) is 11.6. The zero-order chi connectivity index (χ0) is 9.97. The minimum absolute atomic E-state index is 0. The van der Waals surface area contributed by atoms with Crippen LogP contribution in [0, 0.1) is 5.92 Å². The fourth-order valence-electron chi connectivity index (χ4n) is 2.02. The molecule has 15 heavy (non-hydrogen) atoms. The molecule has 0 aromatic heterocycles. The summed E-state index contributed by atoms with van der Waals surface area (Å²) < 4.78 is 5.28. The number of rotatable bonds is 3. The zero-order valence-corrected chi connectivity index (χ0v) is 9.81. The first-order valence-electron chi connectivity index (χ1n) is 5.35. The molecular formula is C10H19ClN2O2. The number of carbonyl (C=O) groups is 1. The molecule has 4 nitrogen and oxygen atoms in total. The van der Waals surface area contributed by atoms with E-state index in [2.05, 4.69) is 10.6 Å². The van der Waals surface area contributed by atoms with Crippen molar-refractivity contribution in [2.45, 2.75) is 31.4 Å². The lowest BCUT2D eigenvalue weighted by molar-refractivity contribution is -0.128. The van der Waals surface area contributed by atoms with Crippen molar-refractivity contribution in [3.8, 4) is 0 Å². The van der Waals surface area contributed by atoms with E-state index in [9.17, 15) is 4.79 Å². The summed E-state index contributed by atoms with van der Waals surface area (Å²) in [6.07, 6.45) is 3.46. The Morgan fingerprint density at radius 3 is 2.67 bits per heavy atom. The second kappa shape index (κ2) is 5.68. The van der Waals surface area contributed by atoms with E-state index in [4.69, 9.17) is 4.74 Å². The van der Waals surface area contributed by atoms with E-state index in [0.717, 1.165) is 25.9 Å². The third-order valence-corrected chi connectivity index (χ3v) is 3.26. The molecule has 1 aliphatic heterocycles. The van der Waals surface area contributed by atoms with Gasteiger partial charge in [0.2, 0.25) is 5.91 Å². The SMILES string of the molecule is CO[C@H]1CNC[C@@H]1NC(=O)C1CCC1.Cl. The molecule has 2 N–H and O–H groups in total. The van der Waals surface area contributed by atoms with Crippen molar-refractivity contribution in [2.75, 3.05) is 20.2 Å². The summed E-state index contributed by atoms with van der Waals surface area (Å²) >= 11 is 0. The maximum Gasteiger partial charge on any atom is 0.223 e. The molecule has 0 aromatic carbocycles. The van der Waals surface area contributed by atoms with Crippen LogP contribution < -0.4 is 10.6 Å². The predicted molar refractivity (Wildman–Crippen MR) is 60.2 cm³/mol. The van der Waals surface area contributed by atoms with Crippen molar-refractivity contribution in [3.63, 3.8) is 0 Å². The van der Waals surface area contributed by atoms with E-state index in [1.807, 2.05) is 0 Å². The van der Waals surface area contributed by atoms with E-state index < -0.39 is 0 Å². The summed E-state index contributed by atoms with van der Waals surface area (Å²) in [7, 11) is 1.69. The van der Waals surface area contributed by atoms with Gasteiger partial charge in [-0.2, -0.15) is 0 Å². The Morgan fingerprint density at radius 1 is 1.40 bits per heavy atom. The minimum atomic E-state index is 0. The van der Waals surface area contributed by atoms with Crippen LogP contribution in [-0.4, -0.2) is 38.3 Å². The Balaban J connectivity index is 0.00000112. The van der Waals surface area contributed by atoms with Crippen molar-refractivity contribution in [3.05, 3.63) is 0 Å². The highest BCUT2D eigenvalue weighted by atomic mass is 35.5. The molecule has 0 bridgehead atoms. The molecule has 1 aliphatic carbocycles. The van der Waals surface area contributed by atoms with Gasteiger partial charge in [0.15, 0.2) is 0 Å². The highest BCUT2D eigenvalue weighted by molar-refractivity contribution is 5.85. The number of amides is 1. The molecular weight excluding hydrogens is 216 g/mol. The topological polar surface area (TPSA) is 50.4 Å². The fraction of sp³-hybridized carbons (Fsp3) is 0.900. The second-order valence-corrected chi connectivity index (χ2v) is 4.18. The number of hydrogen-bond donors (Lipinski definition) is 2. The molecule has 0 spiro atoms. The van der Waals surface area contributed by atoms with Crippen LogP contribution in [0.4, 0.5) is 0 Å². The molecule has 2 atom stereocenters. The average Bonchev–Trinajstić information content (AvgIpc) is 2.48. The number of methoxy groups -OCH3 is 1. The first-order chi connectivity index (χ1) is 6.81. The number of ether oxygens (including phenoxy) is 1. The maximum atomic E-state index is 11.6. The molecule has 0 radical (unpaired) electrons. The van der Waals surface area contributed by atoms with Gasteiger partial charge in [-0.1, -0.05) is 6.42 Å². The number of halogens is 1. The number of nitrogens with one attached hydrogen (secondary N) is 2. The molecule has 88 valence electrons. The van der Waals surface area contributed by atoms with Crippen LogP contribution in [0.2, 0.25) is 0 Å². The maximum absolute atomic E-state index is 11.6. The van der Waals surface area contributed by atoms with Crippen LogP contribution in [0.5, 0.6) is 0 Å². The van der Waals surface area contributed by atoms with Crippen LogP contribution in [0.15, 0.2) is 0 Å². The Morgan fingerprint density at radius 2 is 2.13 bits per heavy atom. The smallest absolute Gasteiger partial charge is 0.223 e. The van der Waals surface area contributed by atoms with Gasteiger partial charge in [-0.3, -0.25) is 4.79 Å². The Bertz CT molecular complexity index is 221. The van der Waals surface area contributed by atoms with Crippen molar-refractivity contribution in [2.24, 2.45) is 5.92 Å².